The third kappa shape index (κ3) is 5.75. The van der Waals surface area contributed by atoms with Crippen LogP contribution in [0.15, 0.2) is 24.3 Å². The highest BCUT2D eigenvalue weighted by Gasteiger charge is 2.10. The Hall–Kier alpha value is -1.55. The number of hydrogen-bond donors (Lipinski definition) is 2. The van der Waals surface area contributed by atoms with Gasteiger partial charge in [0.05, 0.1) is 6.61 Å². The van der Waals surface area contributed by atoms with Gasteiger partial charge in [-0.05, 0) is 30.9 Å². The summed E-state index contributed by atoms with van der Waals surface area (Å²) in [5.74, 6) is 0.357. The zero-order valence-corrected chi connectivity index (χ0v) is 12.0. The first-order valence-electron chi connectivity index (χ1n) is 6.71. The Morgan fingerprint density at radius 3 is 2.63 bits per heavy atom. The molecule has 4 heteroatoms. The van der Waals surface area contributed by atoms with Crippen molar-refractivity contribution in [2.24, 2.45) is 5.92 Å². The van der Waals surface area contributed by atoms with E-state index in [0.717, 1.165) is 17.7 Å². The van der Waals surface area contributed by atoms with Crippen molar-refractivity contribution in [1.82, 2.24) is 5.32 Å². The molecular formula is C15H24N2O2. The van der Waals surface area contributed by atoms with Gasteiger partial charge in [-0.25, -0.2) is 0 Å². The van der Waals surface area contributed by atoms with Gasteiger partial charge in [0.25, 0.3) is 0 Å². The highest BCUT2D eigenvalue weighted by Crippen LogP contribution is 2.10. The Morgan fingerprint density at radius 1 is 1.32 bits per heavy atom. The molecule has 0 fully saturated rings. The number of carbonyl (C=O) groups is 1. The number of nitrogens with one attached hydrogen (secondary N) is 1. The molecule has 0 heterocycles. The minimum atomic E-state index is -0.0674. The van der Waals surface area contributed by atoms with Gasteiger partial charge in [-0.2, -0.15) is 0 Å². The minimum absolute atomic E-state index is 0.0674. The molecule has 0 bridgehead atoms. The van der Waals surface area contributed by atoms with Gasteiger partial charge in [-0.15, -0.1) is 0 Å². The van der Waals surface area contributed by atoms with Gasteiger partial charge in [0, 0.05) is 11.7 Å². The van der Waals surface area contributed by atoms with Crippen molar-refractivity contribution < 1.29 is 9.53 Å². The van der Waals surface area contributed by atoms with Gasteiger partial charge in [0.2, 0.25) is 5.91 Å². The van der Waals surface area contributed by atoms with Gasteiger partial charge < -0.3 is 15.8 Å². The number of benzene rings is 1. The third-order valence-corrected chi connectivity index (χ3v) is 3.19. The molecule has 1 aromatic carbocycles. The average molecular weight is 264 g/mol. The summed E-state index contributed by atoms with van der Waals surface area (Å²) in [4.78, 5) is 11.6. The summed E-state index contributed by atoms with van der Waals surface area (Å²) in [6, 6.07) is 7.86. The molecule has 1 rings (SSSR count). The highest BCUT2D eigenvalue weighted by atomic mass is 16.5. The largest absolute Gasteiger partial charge is 0.399 e. The van der Waals surface area contributed by atoms with Gasteiger partial charge in [0.1, 0.15) is 6.61 Å². The van der Waals surface area contributed by atoms with E-state index in [9.17, 15) is 4.79 Å². The molecule has 0 aliphatic heterocycles. The quantitative estimate of drug-likeness (QED) is 0.584. The summed E-state index contributed by atoms with van der Waals surface area (Å²) in [6.45, 7) is 6.74. The van der Waals surface area contributed by atoms with E-state index in [4.69, 9.17) is 10.5 Å². The van der Waals surface area contributed by atoms with Crippen molar-refractivity contribution in [2.75, 3.05) is 18.9 Å². The first-order chi connectivity index (χ1) is 9.00. The number of nitrogen functional groups attached to an aromatic ring is 1. The Labute approximate surface area is 115 Å². The van der Waals surface area contributed by atoms with E-state index in [0.29, 0.717) is 12.5 Å². The highest BCUT2D eigenvalue weighted by molar-refractivity contribution is 5.77. The molecule has 0 aliphatic rings. The van der Waals surface area contributed by atoms with Crippen LogP contribution in [-0.4, -0.2) is 25.2 Å². The number of para-hydroxylation sites is 1. The number of rotatable bonds is 7. The van der Waals surface area contributed by atoms with Crippen LogP contribution in [0.4, 0.5) is 5.69 Å². The van der Waals surface area contributed by atoms with E-state index in [1.54, 1.807) is 0 Å². The Morgan fingerprint density at radius 2 is 2.00 bits per heavy atom. The van der Waals surface area contributed by atoms with Crippen molar-refractivity contribution in [1.29, 1.82) is 0 Å². The molecule has 1 aromatic rings. The number of hydrogen-bond acceptors (Lipinski definition) is 3. The van der Waals surface area contributed by atoms with Crippen LogP contribution in [0.2, 0.25) is 0 Å². The summed E-state index contributed by atoms with van der Waals surface area (Å²) in [7, 11) is 0. The summed E-state index contributed by atoms with van der Waals surface area (Å²) >= 11 is 0. The van der Waals surface area contributed by atoms with Crippen LogP contribution in [0.3, 0.4) is 0 Å². The molecule has 0 saturated carbocycles. The smallest absolute Gasteiger partial charge is 0.246 e. The summed E-state index contributed by atoms with van der Waals surface area (Å²) in [6.07, 6.45) is 0.722. The zero-order valence-electron chi connectivity index (χ0n) is 12.0. The Balaban J connectivity index is 2.21. The zero-order chi connectivity index (χ0) is 14.3. The summed E-state index contributed by atoms with van der Waals surface area (Å²) in [5.41, 5.74) is 7.65. The maximum absolute atomic E-state index is 11.6. The van der Waals surface area contributed by atoms with E-state index < -0.39 is 0 Å². The predicted molar refractivity (Wildman–Crippen MR) is 77.8 cm³/mol. The maximum Gasteiger partial charge on any atom is 0.246 e. The van der Waals surface area contributed by atoms with Crippen molar-refractivity contribution in [3.05, 3.63) is 29.8 Å². The fourth-order valence-electron chi connectivity index (χ4n) is 1.57. The van der Waals surface area contributed by atoms with Crippen LogP contribution in [0.25, 0.3) is 0 Å². The fraction of sp³-hybridized carbons (Fsp3) is 0.533. The normalized spacial score (nSPS) is 12.4. The molecule has 0 radical (unpaired) electrons. The Bertz CT molecular complexity index is 405. The molecule has 19 heavy (non-hydrogen) atoms. The second-order valence-corrected chi connectivity index (χ2v) is 5.10. The lowest BCUT2D eigenvalue weighted by Gasteiger charge is -2.17. The van der Waals surface area contributed by atoms with E-state index in [1.807, 2.05) is 31.2 Å². The molecule has 1 unspecified atom stereocenters. The van der Waals surface area contributed by atoms with Gasteiger partial charge in [-0.1, -0.05) is 32.0 Å². The van der Waals surface area contributed by atoms with Gasteiger partial charge in [-0.3, -0.25) is 4.79 Å². The molecule has 0 saturated heterocycles. The monoisotopic (exact) mass is 264 g/mol. The molecule has 1 atom stereocenters. The van der Waals surface area contributed by atoms with Crippen LogP contribution in [0.5, 0.6) is 0 Å². The molecule has 0 spiro atoms. The number of anilines is 1. The number of carbonyl (C=O) groups excluding carboxylic acids is 1. The van der Waals surface area contributed by atoms with Crippen LogP contribution < -0.4 is 11.1 Å². The first kappa shape index (κ1) is 15.5. The summed E-state index contributed by atoms with van der Waals surface area (Å²) in [5, 5.41) is 2.90. The number of amides is 1. The SMILES string of the molecule is CC(C)C(C)NC(=O)COCCc1ccccc1N. The second-order valence-electron chi connectivity index (χ2n) is 5.10. The standard InChI is InChI=1S/C15H24N2O2/c1-11(2)12(3)17-15(18)10-19-9-8-13-6-4-5-7-14(13)16/h4-7,11-12H,8-10,16H2,1-3H3,(H,17,18). The van der Waals surface area contributed by atoms with Crippen molar-refractivity contribution in [3.8, 4) is 0 Å². The van der Waals surface area contributed by atoms with Crippen LogP contribution in [0, 0.1) is 5.92 Å². The maximum atomic E-state index is 11.6. The average Bonchev–Trinajstić information content (AvgIpc) is 2.36. The van der Waals surface area contributed by atoms with Crippen LogP contribution in [0.1, 0.15) is 26.3 Å². The summed E-state index contributed by atoms with van der Waals surface area (Å²) < 4.78 is 5.37. The van der Waals surface area contributed by atoms with E-state index >= 15 is 0 Å². The van der Waals surface area contributed by atoms with Crippen LogP contribution in [-0.2, 0) is 16.0 Å². The fourth-order valence-corrected chi connectivity index (χ4v) is 1.57. The van der Waals surface area contributed by atoms with E-state index in [2.05, 4.69) is 19.2 Å². The molecule has 0 aromatic heterocycles. The lowest BCUT2D eigenvalue weighted by atomic mass is 10.1. The molecular weight excluding hydrogens is 240 g/mol. The lowest BCUT2D eigenvalue weighted by molar-refractivity contribution is -0.126. The molecule has 106 valence electrons. The van der Waals surface area contributed by atoms with Crippen molar-refractivity contribution in [2.45, 2.75) is 33.2 Å². The van der Waals surface area contributed by atoms with Crippen molar-refractivity contribution in [3.63, 3.8) is 0 Å². The molecule has 4 nitrogen and oxygen atoms in total. The second kappa shape index (κ2) is 7.79. The van der Waals surface area contributed by atoms with Crippen LogP contribution >= 0.6 is 0 Å². The molecule has 0 aliphatic carbocycles. The third-order valence-electron chi connectivity index (χ3n) is 3.19. The molecule has 3 N–H and O–H groups in total. The first-order valence-corrected chi connectivity index (χ1v) is 6.71. The van der Waals surface area contributed by atoms with Gasteiger partial charge >= 0.3 is 0 Å². The number of nitrogens with two attached hydrogens (primary N) is 1. The number of ether oxygens (including phenoxy) is 1. The minimum Gasteiger partial charge on any atom is -0.399 e. The Kier molecular flexibility index (Phi) is 6.36. The van der Waals surface area contributed by atoms with E-state index in [-0.39, 0.29) is 18.6 Å². The molecule has 1 amide bonds. The van der Waals surface area contributed by atoms with Crippen molar-refractivity contribution >= 4 is 11.6 Å². The van der Waals surface area contributed by atoms with E-state index in [1.165, 1.54) is 0 Å². The lowest BCUT2D eigenvalue weighted by Crippen LogP contribution is -2.38. The predicted octanol–water partition coefficient (Wildman–Crippen LogP) is 1.99. The topological polar surface area (TPSA) is 64.3 Å². The van der Waals surface area contributed by atoms with Gasteiger partial charge in [0.15, 0.2) is 0 Å².